The molecule has 1 fully saturated rings. The summed E-state index contributed by atoms with van der Waals surface area (Å²) in [5.41, 5.74) is 1.32. The zero-order valence-electron chi connectivity index (χ0n) is 11.9. The molecule has 0 saturated carbocycles. The number of piperidine rings is 1. The third-order valence-electron chi connectivity index (χ3n) is 3.69. The molecule has 2 N–H and O–H groups in total. The van der Waals surface area contributed by atoms with Crippen molar-refractivity contribution in [3.8, 4) is 0 Å². The molecule has 108 valence electrons. The first kappa shape index (κ1) is 14.7. The Morgan fingerprint density at radius 2 is 2.20 bits per heavy atom. The van der Waals surface area contributed by atoms with Crippen LogP contribution >= 0.6 is 0 Å². The number of hydrogen-bond donors (Lipinski definition) is 2. The van der Waals surface area contributed by atoms with E-state index in [1.165, 1.54) is 19.8 Å². The Bertz CT molecular complexity index is 479. The van der Waals surface area contributed by atoms with Gasteiger partial charge < -0.3 is 10.6 Å². The molecule has 0 aliphatic carbocycles. The lowest BCUT2D eigenvalue weighted by Gasteiger charge is -2.23. The van der Waals surface area contributed by atoms with Crippen LogP contribution < -0.4 is 10.6 Å². The van der Waals surface area contributed by atoms with Crippen LogP contribution in [0.1, 0.15) is 49.4 Å². The second kappa shape index (κ2) is 7.20. The van der Waals surface area contributed by atoms with Crippen molar-refractivity contribution >= 4 is 17.4 Å². The predicted molar refractivity (Wildman–Crippen MR) is 80.0 cm³/mol. The van der Waals surface area contributed by atoms with E-state index in [-0.39, 0.29) is 11.7 Å². The molecule has 2 rings (SSSR count). The fraction of sp³-hybridized carbons (Fsp3) is 0.500. The molecule has 1 saturated heterocycles. The summed E-state index contributed by atoms with van der Waals surface area (Å²) in [4.78, 5) is 23.2. The van der Waals surface area contributed by atoms with Gasteiger partial charge >= 0.3 is 0 Å². The maximum absolute atomic E-state index is 11.9. The third-order valence-corrected chi connectivity index (χ3v) is 3.69. The quantitative estimate of drug-likeness (QED) is 0.812. The van der Waals surface area contributed by atoms with Gasteiger partial charge in [-0.3, -0.25) is 9.59 Å². The van der Waals surface area contributed by atoms with Crippen LogP contribution in [0, 0.1) is 0 Å². The van der Waals surface area contributed by atoms with Crippen LogP contribution in [-0.4, -0.2) is 24.3 Å². The number of hydrogen-bond acceptors (Lipinski definition) is 3. The molecule has 1 aliphatic heterocycles. The number of ketones is 1. The van der Waals surface area contributed by atoms with Crippen molar-refractivity contribution < 1.29 is 9.59 Å². The van der Waals surface area contributed by atoms with E-state index in [9.17, 15) is 9.59 Å². The molecule has 0 aromatic heterocycles. The van der Waals surface area contributed by atoms with Crippen LogP contribution in [0.25, 0.3) is 0 Å². The number of nitrogens with one attached hydrogen (secondary N) is 2. The first-order valence-electron chi connectivity index (χ1n) is 7.29. The summed E-state index contributed by atoms with van der Waals surface area (Å²) < 4.78 is 0. The van der Waals surface area contributed by atoms with Gasteiger partial charge in [-0.15, -0.1) is 0 Å². The molecule has 0 radical (unpaired) electrons. The molecule has 1 atom stereocenters. The van der Waals surface area contributed by atoms with Gasteiger partial charge in [0.1, 0.15) is 0 Å². The highest BCUT2D eigenvalue weighted by Gasteiger charge is 2.14. The van der Waals surface area contributed by atoms with Crippen molar-refractivity contribution in [2.45, 2.75) is 45.1 Å². The minimum Gasteiger partial charge on any atom is -0.326 e. The van der Waals surface area contributed by atoms with E-state index in [0.29, 0.717) is 23.7 Å². The number of carbonyl (C=O) groups is 2. The van der Waals surface area contributed by atoms with Gasteiger partial charge in [-0.2, -0.15) is 0 Å². The normalized spacial score (nSPS) is 18.6. The van der Waals surface area contributed by atoms with Crippen molar-refractivity contribution in [2.24, 2.45) is 0 Å². The highest BCUT2D eigenvalue weighted by Crippen LogP contribution is 2.14. The first-order chi connectivity index (χ1) is 9.65. The van der Waals surface area contributed by atoms with Gasteiger partial charge in [0.2, 0.25) is 5.91 Å². The Morgan fingerprint density at radius 3 is 2.90 bits per heavy atom. The van der Waals surface area contributed by atoms with Gasteiger partial charge in [0.25, 0.3) is 0 Å². The van der Waals surface area contributed by atoms with Gasteiger partial charge in [0.05, 0.1) is 0 Å². The topological polar surface area (TPSA) is 58.2 Å². The summed E-state index contributed by atoms with van der Waals surface area (Å²) in [7, 11) is 0. The summed E-state index contributed by atoms with van der Waals surface area (Å²) in [6.07, 6.45) is 5.04. The molecule has 1 heterocycles. The van der Waals surface area contributed by atoms with Gasteiger partial charge in [-0.05, 0) is 44.9 Å². The Kier molecular flexibility index (Phi) is 5.30. The number of amides is 1. The van der Waals surface area contributed by atoms with Crippen LogP contribution in [0.5, 0.6) is 0 Å². The zero-order valence-corrected chi connectivity index (χ0v) is 11.9. The van der Waals surface area contributed by atoms with E-state index < -0.39 is 0 Å². The monoisotopic (exact) mass is 274 g/mol. The van der Waals surface area contributed by atoms with Gasteiger partial charge in [-0.25, -0.2) is 0 Å². The number of anilines is 1. The summed E-state index contributed by atoms with van der Waals surface area (Å²) in [5, 5.41) is 6.30. The number of benzene rings is 1. The fourth-order valence-corrected chi connectivity index (χ4v) is 2.52. The van der Waals surface area contributed by atoms with Crippen molar-refractivity contribution in [2.75, 3.05) is 11.9 Å². The van der Waals surface area contributed by atoms with Crippen LogP contribution in [0.3, 0.4) is 0 Å². The van der Waals surface area contributed by atoms with Crippen LogP contribution in [0.15, 0.2) is 24.3 Å². The maximum Gasteiger partial charge on any atom is 0.224 e. The van der Waals surface area contributed by atoms with E-state index >= 15 is 0 Å². The summed E-state index contributed by atoms with van der Waals surface area (Å²) in [5.74, 6) is 0.0191. The van der Waals surface area contributed by atoms with Crippen molar-refractivity contribution in [3.05, 3.63) is 29.8 Å². The van der Waals surface area contributed by atoms with E-state index in [2.05, 4.69) is 10.6 Å². The Balaban J connectivity index is 1.81. The number of rotatable bonds is 5. The predicted octanol–water partition coefficient (Wildman–Crippen LogP) is 2.75. The summed E-state index contributed by atoms with van der Waals surface area (Å²) in [6, 6.07) is 7.54. The molecule has 0 spiro atoms. The lowest BCUT2D eigenvalue weighted by molar-refractivity contribution is -0.116. The second-order valence-corrected chi connectivity index (χ2v) is 5.37. The third kappa shape index (κ3) is 4.46. The Morgan fingerprint density at radius 1 is 1.35 bits per heavy atom. The molecule has 0 bridgehead atoms. The summed E-state index contributed by atoms with van der Waals surface area (Å²) in [6.45, 7) is 2.59. The average Bonchev–Trinajstić information content (AvgIpc) is 2.46. The first-order valence-corrected chi connectivity index (χ1v) is 7.29. The van der Waals surface area contributed by atoms with E-state index in [4.69, 9.17) is 0 Å². The van der Waals surface area contributed by atoms with Crippen LogP contribution in [0.2, 0.25) is 0 Å². The minimum atomic E-state index is 0.00695. The van der Waals surface area contributed by atoms with Crippen LogP contribution in [-0.2, 0) is 4.79 Å². The minimum absolute atomic E-state index is 0.00695. The Hall–Kier alpha value is -1.68. The summed E-state index contributed by atoms with van der Waals surface area (Å²) >= 11 is 0. The van der Waals surface area contributed by atoms with E-state index in [0.717, 1.165) is 19.4 Å². The lowest BCUT2D eigenvalue weighted by Crippen LogP contribution is -2.34. The largest absolute Gasteiger partial charge is 0.326 e. The molecular formula is C16H22N2O2. The molecule has 1 unspecified atom stereocenters. The van der Waals surface area contributed by atoms with E-state index in [1.54, 1.807) is 18.2 Å². The molecule has 1 amide bonds. The van der Waals surface area contributed by atoms with Gasteiger partial charge in [-0.1, -0.05) is 18.6 Å². The average molecular weight is 274 g/mol. The zero-order chi connectivity index (χ0) is 14.4. The second-order valence-electron chi connectivity index (χ2n) is 5.37. The molecule has 20 heavy (non-hydrogen) atoms. The highest BCUT2D eigenvalue weighted by molar-refractivity contribution is 5.97. The molecule has 1 aromatic rings. The van der Waals surface area contributed by atoms with Gasteiger partial charge in [0.15, 0.2) is 5.78 Å². The number of carbonyl (C=O) groups excluding carboxylic acids is 2. The highest BCUT2D eigenvalue weighted by atomic mass is 16.1. The smallest absolute Gasteiger partial charge is 0.224 e. The number of Topliss-reactive ketones (excluding diaryl/α,β-unsaturated/α-hetero) is 1. The molecule has 4 nitrogen and oxygen atoms in total. The van der Waals surface area contributed by atoms with Gasteiger partial charge in [0, 0.05) is 23.7 Å². The molecule has 1 aromatic carbocycles. The molecule has 1 aliphatic rings. The SMILES string of the molecule is CC(=O)c1cccc(NC(=O)CCC2CCCCN2)c1. The standard InChI is InChI=1S/C16H22N2O2/c1-12(19)13-5-4-7-15(11-13)18-16(20)9-8-14-6-2-3-10-17-14/h4-5,7,11,14,17H,2-3,6,8-10H2,1H3,(H,18,20). The van der Waals surface area contributed by atoms with E-state index in [1.807, 2.05) is 6.07 Å². The lowest BCUT2D eigenvalue weighted by atomic mass is 10.0. The van der Waals surface area contributed by atoms with Crippen molar-refractivity contribution in [1.82, 2.24) is 5.32 Å². The van der Waals surface area contributed by atoms with Crippen molar-refractivity contribution in [3.63, 3.8) is 0 Å². The van der Waals surface area contributed by atoms with Crippen LogP contribution in [0.4, 0.5) is 5.69 Å². The molecule has 4 heteroatoms. The maximum atomic E-state index is 11.9. The fourth-order valence-electron chi connectivity index (χ4n) is 2.52. The van der Waals surface area contributed by atoms with Crippen molar-refractivity contribution in [1.29, 1.82) is 0 Å². The Labute approximate surface area is 119 Å². The molecular weight excluding hydrogens is 252 g/mol.